The first-order valence-electron chi connectivity index (χ1n) is 5.89. The number of benzene rings is 1. The molecule has 1 heterocycles. The zero-order valence-electron chi connectivity index (χ0n) is 9.70. The van der Waals surface area contributed by atoms with Gasteiger partial charge < -0.3 is 15.2 Å². The Morgan fingerprint density at radius 2 is 2.38 bits per heavy atom. The van der Waals surface area contributed by atoms with Crippen molar-refractivity contribution in [2.24, 2.45) is 0 Å². The monoisotopic (exact) mass is 221 g/mol. The highest BCUT2D eigenvalue weighted by atomic mass is 16.5. The van der Waals surface area contributed by atoms with Gasteiger partial charge in [0.1, 0.15) is 5.75 Å². The van der Waals surface area contributed by atoms with Gasteiger partial charge in [-0.05, 0) is 56.1 Å². The minimum absolute atomic E-state index is 0.375. The number of aliphatic hydroxyl groups excluding tert-OH is 1. The van der Waals surface area contributed by atoms with E-state index in [0.29, 0.717) is 0 Å². The van der Waals surface area contributed by atoms with Gasteiger partial charge >= 0.3 is 0 Å². The van der Waals surface area contributed by atoms with E-state index in [2.05, 4.69) is 11.4 Å². The third-order valence-corrected chi connectivity index (χ3v) is 2.99. The lowest BCUT2D eigenvalue weighted by molar-refractivity contribution is 0.167. The molecule has 0 fully saturated rings. The van der Waals surface area contributed by atoms with Crippen molar-refractivity contribution in [2.75, 3.05) is 20.2 Å². The first kappa shape index (κ1) is 11.4. The highest BCUT2D eigenvalue weighted by Gasteiger charge is 2.13. The Morgan fingerprint density at radius 1 is 1.50 bits per heavy atom. The normalized spacial score (nSPS) is 16.4. The molecule has 0 saturated heterocycles. The molecule has 2 N–H and O–H groups in total. The SMILES string of the molecule is CNCCC(O)c1ccc2c(c1)CCCO2. The molecule has 16 heavy (non-hydrogen) atoms. The summed E-state index contributed by atoms with van der Waals surface area (Å²) in [4.78, 5) is 0. The average Bonchev–Trinajstić information content (AvgIpc) is 2.35. The number of hydrogen-bond acceptors (Lipinski definition) is 3. The van der Waals surface area contributed by atoms with Crippen LogP contribution in [0.25, 0.3) is 0 Å². The maximum atomic E-state index is 9.97. The molecule has 1 aromatic rings. The van der Waals surface area contributed by atoms with Crippen molar-refractivity contribution in [3.8, 4) is 5.75 Å². The number of aryl methyl sites for hydroxylation is 1. The van der Waals surface area contributed by atoms with Gasteiger partial charge in [-0.3, -0.25) is 0 Å². The molecule has 0 aromatic heterocycles. The molecule has 3 nitrogen and oxygen atoms in total. The van der Waals surface area contributed by atoms with Crippen molar-refractivity contribution in [1.82, 2.24) is 5.32 Å². The third kappa shape index (κ3) is 2.54. The van der Waals surface area contributed by atoms with Gasteiger partial charge in [0.05, 0.1) is 12.7 Å². The molecule has 0 aliphatic carbocycles. The fraction of sp³-hybridized carbons (Fsp3) is 0.538. The highest BCUT2D eigenvalue weighted by Crippen LogP contribution is 2.28. The largest absolute Gasteiger partial charge is 0.493 e. The molecule has 1 aliphatic heterocycles. The Kier molecular flexibility index (Phi) is 3.80. The second kappa shape index (κ2) is 5.32. The Morgan fingerprint density at radius 3 is 3.19 bits per heavy atom. The third-order valence-electron chi connectivity index (χ3n) is 2.99. The van der Waals surface area contributed by atoms with E-state index < -0.39 is 0 Å². The Bertz CT molecular complexity index is 352. The van der Waals surface area contributed by atoms with E-state index in [9.17, 15) is 5.11 Å². The van der Waals surface area contributed by atoms with E-state index in [4.69, 9.17) is 4.74 Å². The number of nitrogens with one attached hydrogen (secondary N) is 1. The van der Waals surface area contributed by atoms with Crippen molar-refractivity contribution in [3.05, 3.63) is 29.3 Å². The molecule has 1 aliphatic rings. The van der Waals surface area contributed by atoms with Gasteiger partial charge in [-0.25, -0.2) is 0 Å². The molecule has 0 saturated carbocycles. The molecular weight excluding hydrogens is 202 g/mol. The number of aliphatic hydroxyl groups is 1. The van der Waals surface area contributed by atoms with Crippen LogP contribution in [0.1, 0.15) is 30.1 Å². The predicted molar refractivity (Wildman–Crippen MR) is 63.8 cm³/mol. The summed E-state index contributed by atoms with van der Waals surface area (Å²) in [6.45, 7) is 1.64. The van der Waals surface area contributed by atoms with Crippen molar-refractivity contribution >= 4 is 0 Å². The van der Waals surface area contributed by atoms with Gasteiger partial charge in [0.15, 0.2) is 0 Å². The summed E-state index contributed by atoms with van der Waals surface area (Å²) in [5.41, 5.74) is 2.23. The Balaban J connectivity index is 2.10. The van der Waals surface area contributed by atoms with Gasteiger partial charge in [-0.1, -0.05) is 6.07 Å². The minimum Gasteiger partial charge on any atom is -0.493 e. The van der Waals surface area contributed by atoms with Crippen LogP contribution in [0.15, 0.2) is 18.2 Å². The van der Waals surface area contributed by atoms with E-state index in [0.717, 1.165) is 43.7 Å². The van der Waals surface area contributed by atoms with Crippen LogP contribution < -0.4 is 10.1 Å². The molecule has 3 heteroatoms. The molecule has 0 amide bonds. The van der Waals surface area contributed by atoms with Crippen LogP contribution >= 0.6 is 0 Å². The predicted octanol–water partition coefficient (Wildman–Crippen LogP) is 1.65. The van der Waals surface area contributed by atoms with E-state index in [1.807, 2.05) is 19.2 Å². The molecular formula is C13H19NO2. The molecule has 1 atom stereocenters. The standard InChI is InChI=1S/C13H19NO2/c1-14-7-6-12(15)10-4-5-13-11(9-10)3-2-8-16-13/h4-5,9,12,14-15H,2-3,6-8H2,1H3. The molecule has 0 radical (unpaired) electrons. The van der Waals surface area contributed by atoms with Crippen LogP contribution in [0, 0.1) is 0 Å². The lowest BCUT2D eigenvalue weighted by Gasteiger charge is -2.19. The van der Waals surface area contributed by atoms with Crippen molar-refractivity contribution < 1.29 is 9.84 Å². The zero-order chi connectivity index (χ0) is 11.4. The topological polar surface area (TPSA) is 41.5 Å². The molecule has 2 rings (SSSR count). The Hall–Kier alpha value is -1.06. The average molecular weight is 221 g/mol. The number of ether oxygens (including phenoxy) is 1. The summed E-state index contributed by atoms with van der Waals surface area (Å²) >= 11 is 0. The second-order valence-corrected chi connectivity index (χ2v) is 4.23. The summed E-state index contributed by atoms with van der Waals surface area (Å²) in [5, 5.41) is 13.0. The molecule has 0 bridgehead atoms. The summed E-state index contributed by atoms with van der Waals surface area (Å²) in [6, 6.07) is 6.02. The summed E-state index contributed by atoms with van der Waals surface area (Å²) in [5.74, 6) is 0.982. The first-order valence-corrected chi connectivity index (χ1v) is 5.89. The Labute approximate surface area is 96.4 Å². The van der Waals surface area contributed by atoms with Crippen molar-refractivity contribution in [3.63, 3.8) is 0 Å². The number of fused-ring (bicyclic) bond motifs is 1. The van der Waals surface area contributed by atoms with Gasteiger partial charge in [0, 0.05) is 0 Å². The van der Waals surface area contributed by atoms with Crippen LogP contribution in [0.3, 0.4) is 0 Å². The highest BCUT2D eigenvalue weighted by molar-refractivity contribution is 5.39. The van der Waals surface area contributed by atoms with Gasteiger partial charge in [0.2, 0.25) is 0 Å². The van der Waals surface area contributed by atoms with Gasteiger partial charge in [-0.2, -0.15) is 0 Å². The smallest absolute Gasteiger partial charge is 0.122 e. The molecule has 1 aromatic carbocycles. The van der Waals surface area contributed by atoms with E-state index in [1.54, 1.807) is 0 Å². The fourth-order valence-corrected chi connectivity index (χ4v) is 2.04. The maximum Gasteiger partial charge on any atom is 0.122 e. The van der Waals surface area contributed by atoms with Crippen LogP contribution in [-0.4, -0.2) is 25.3 Å². The van der Waals surface area contributed by atoms with Crippen LogP contribution in [0.5, 0.6) is 5.75 Å². The van der Waals surface area contributed by atoms with E-state index >= 15 is 0 Å². The molecule has 0 spiro atoms. The first-order chi connectivity index (χ1) is 7.81. The number of rotatable bonds is 4. The molecule has 88 valence electrons. The summed E-state index contributed by atoms with van der Waals surface area (Å²) in [6.07, 6.45) is 2.50. The van der Waals surface area contributed by atoms with E-state index in [-0.39, 0.29) is 6.10 Å². The molecule has 1 unspecified atom stereocenters. The minimum atomic E-state index is -0.375. The lowest BCUT2D eigenvalue weighted by atomic mass is 9.99. The van der Waals surface area contributed by atoms with Crippen LogP contribution in [0.4, 0.5) is 0 Å². The quantitative estimate of drug-likeness (QED) is 0.812. The van der Waals surface area contributed by atoms with Crippen molar-refractivity contribution in [2.45, 2.75) is 25.4 Å². The van der Waals surface area contributed by atoms with Crippen LogP contribution in [-0.2, 0) is 6.42 Å². The number of hydrogen-bond donors (Lipinski definition) is 2. The zero-order valence-corrected chi connectivity index (χ0v) is 9.70. The lowest BCUT2D eigenvalue weighted by Crippen LogP contribution is -2.13. The maximum absolute atomic E-state index is 9.97. The van der Waals surface area contributed by atoms with Crippen LogP contribution in [0.2, 0.25) is 0 Å². The van der Waals surface area contributed by atoms with Crippen molar-refractivity contribution in [1.29, 1.82) is 0 Å². The van der Waals surface area contributed by atoms with Gasteiger partial charge in [0.25, 0.3) is 0 Å². The summed E-state index contributed by atoms with van der Waals surface area (Å²) < 4.78 is 5.55. The second-order valence-electron chi connectivity index (χ2n) is 4.23. The summed E-state index contributed by atoms with van der Waals surface area (Å²) in [7, 11) is 1.90. The van der Waals surface area contributed by atoms with E-state index in [1.165, 1.54) is 5.56 Å². The van der Waals surface area contributed by atoms with Gasteiger partial charge in [-0.15, -0.1) is 0 Å². The fourth-order valence-electron chi connectivity index (χ4n) is 2.04.